The predicted octanol–water partition coefficient (Wildman–Crippen LogP) is 2.42. The molecule has 27 heavy (non-hydrogen) atoms. The van der Waals surface area contributed by atoms with Gasteiger partial charge in [-0.05, 0) is 43.2 Å². The second kappa shape index (κ2) is 8.37. The Morgan fingerprint density at radius 1 is 1.26 bits per heavy atom. The first kappa shape index (κ1) is 20.7. The van der Waals surface area contributed by atoms with Crippen molar-refractivity contribution in [2.45, 2.75) is 38.8 Å². The third kappa shape index (κ3) is 4.56. The Labute approximate surface area is 163 Å². The predicted molar refractivity (Wildman–Crippen MR) is 108 cm³/mol. The quantitative estimate of drug-likeness (QED) is 0.676. The maximum absolute atomic E-state index is 12.4. The van der Waals surface area contributed by atoms with Crippen LogP contribution in [0, 0.1) is 0 Å². The molecule has 1 atom stereocenters. The first-order valence-electron chi connectivity index (χ1n) is 8.64. The van der Waals surface area contributed by atoms with Crippen LogP contribution in [0.15, 0.2) is 53.5 Å². The van der Waals surface area contributed by atoms with Crippen LogP contribution in [0.4, 0.5) is 5.69 Å². The van der Waals surface area contributed by atoms with Gasteiger partial charge in [-0.1, -0.05) is 31.5 Å². The third-order valence-corrected chi connectivity index (χ3v) is 4.29. The molecule has 3 rings (SSSR count). The molecule has 0 saturated carbocycles. The number of anilines is 1. The monoisotopic (exact) mass is 389 g/mol. The lowest BCUT2D eigenvalue weighted by atomic mass is 9.96. The molecular formula is C19H24ClN5O2. The summed E-state index contributed by atoms with van der Waals surface area (Å²) in [6.07, 6.45) is 3.13. The molecule has 0 fully saturated rings. The number of amides is 1. The Morgan fingerprint density at radius 2 is 2.04 bits per heavy atom. The van der Waals surface area contributed by atoms with E-state index in [1.54, 1.807) is 31.3 Å². The average Bonchev–Trinajstić information content (AvgIpc) is 2.91. The van der Waals surface area contributed by atoms with Gasteiger partial charge in [-0.3, -0.25) is 9.20 Å². The number of fused-ring (bicyclic) bond motifs is 1. The Morgan fingerprint density at radius 3 is 2.74 bits per heavy atom. The number of nitrogens with zero attached hydrogens (tertiary/aromatic N) is 3. The highest BCUT2D eigenvalue weighted by Gasteiger charge is 2.27. The summed E-state index contributed by atoms with van der Waals surface area (Å²) in [5.74, 6) is -0.221. The molecule has 1 aromatic carbocycles. The number of carbonyl (C=O) groups is 1. The van der Waals surface area contributed by atoms with E-state index >= 15 is 0 Å². The van der Waals surface area contributed by atoms with Gasteiger partial charge >= 0.3 is 5.69 Å². The Kier molecular flexibility index (Phi) is 6.41. The highest BCUT2D eigenvalue weighted by atomic mass is 35.5. The van der Waals surface area contributed by atoms with Gasteiger partial charge in [0.2, 0.25) is 5.91 Å². The minimum Gasteiger partial charge on any atom is -0.324 e. The molecule has 0 spiro atoms. The summed E-state index contributed by atoms with van der Waals surface area (Å²) in [5.41, 5.74) is 7.07. The van der Waals surface area contributed by atoms with Crippen molar-refractivity contribution in [2.75, 3.05) is 5.32 Å². The molecule has 144 valence electrons. The molecule has 2 aromatic heterocycles. The van der Waals surface area contributed by atoms with Crippen LogP contribution in [0.25, 0.3) is 5.65 Å². The molecule has 0 radical (unpaired) electrons. The number of benzene rings is 1. The van der Waals surface area contributed by atoms with Crippen molar-refractivity contribution in [2.24, 2.45) is 5.73 Å². The van der Waals surface area contributed by atoms with E-state index in [4.69, 9.17) is 5.73 Å². The fourth-order valence-electron chi connectivity index (χ4n) is 2.90. The molecule has 7 nitrogen and oxygen atoms in total. The number of hydrogen-bond donors (Lipinski definition) is 2. The van der Waals surface area contributed by atoms with Crippen LogP contribution in [0.1, 0.15) is 32.3 Å². The van der Waals surface area contributed by atoms with Gasteiger partial charge in [0.25, 0.3) is 0 Å². The normalized spacial score (nSPS) is 13.0. The van der Waals surface area contributed by atoms with Crippen LogP contribution in [0.5, 0.6) is 0 Å². The smallest absolute Gasteiger partial charge is 0.324 e. The molecule has 0 bridgehead atoms. The third-order valence-electron chi connectivity index (χ3n) is 4.29. The molecule has 0 aliphatic heterocycles. The summed E-state index contributed by atoms with van der Waals surface area (Å²) in [7, 11) is 0. The maximum Gasteiger partial charge on any atom is 0.350 e. The standard InChI is InChI=1S/C19H23N5O2.ClH/c1-3-10-19(2,20)17(25)21-15-8-6-7-14(12-15)13-24-18(26)23-11-5-4-9-16(23)22-24;/h4-9,11-12H,3,10,13,20H2,1-2H3,(H,21,25);1H. The number of aromatic nitrogens is 3. The van der Waals surface area contributed by atoms with Crippen molar-refractivity contribution in [3.05, 3.63) is 64.7 Å². The van der Waals surface area contributed by atoms with Gasteiger partial charge in [0, 0.05) is 11.9 Å². The minimum absolute atomic E-state index is 0. The van der Waals surface area contributed by atoms with E-state index in [1.807, 2.05) is 31.2 Å². The number of nitrogens with one attached hydrogen (secondary N) is 1. The van der Waals surface area contributed by atoms with Crippen molar-refractivity contribution in [1.29, 1.82) is 0 Å². The van der Waals surface area contributed by atoms with Crippen LogP contribution in [-0.2, 0) is 11.3 Å². The highest BCUT2D eigenvalue weighted by Crippen LogP contribution is 2.16. The van der Waals surface area contributed by atoms with Crippen LogP contribution >= 0.6 is 12.4 Å². The molecule has 1 unspecified atom stereocenters. The van der Waals surface area contributed by atoms with E-state index < -0.39 is 5.54 Å². The van der Waals surface area contributed by atoms with Gasteiger partial charge in [-0.15, -0.1) is 17.5 Å². The zero-order chi connectivity index (χ0) is 18.7. The Hall–Kier alpha value is -2.64. The number of carbonyl (C=O) groups excluding carboxylic acids is 1. The van der Waals surface area contributed by atoms with Gasteiger partial charge in [-0.25, -0.2) is 9.48 Å². The van der Waals surface area contributed by atoms with Crippen LogP contribution in [0.3, 0.4) is 0 Å². The Bertz CT molecular complexity index is 993. The summed E-state index contributed by atoms with van der Waals surface area (Å²) in [4.78, 5) is 24.7. The number of pyridine rings is 1. The lowest BCUT2D eigenvalue weighted by Gasteiger charge is -2.23. The van der Waals surface area contributed by atoms with Gasteiger partial charge in [0.15, 0.2) is 5.65 Å². The topological polar surface area (TPSA) is 94.4 Å². The van der Waals surface area contributed by atoms with E-state index in [1.165, 1.54) is 9.08 Å². The number of nitrogens with two attached hydrogens (primary N) is 1. The van der Waals surface area contributed by atoms with Crippen molar-refractivity contribution < 1.29 is 4.79 Å². The van der Waals surface area contributed by atoms with Crippen molar-refractivity contribution in [3.8, 4) is 0 Å². The summed E-state index contributed by atoms with van der Waals surface area (Å²) in [6, 6.07) is 12.8. The highest BCUT2D eigenvalue weighted by molar-refractivity contribution is 5.97. The van der Waals surface area contributed by atoms with Crippen molar-refractivity contribution in [1.82, 2.24) is 14.2 Å². The van der Waals surface area contributed by atoms with E-state index in [-0.39, 0.29) is 24.0 Å². The zero-order valence-corrected chi connectivity index (χ0v) is 16.2. The van der Waals surface area contributed by atoms with Gasteiger partial charge in [-0.2, -0.15) is 0 Å². The Balaban J connectivity index is 0.00000261. The molecule has 0 saturated heterocycles. The summed E-state index contributed by atoms with van der Waals surface area (Å²) >= 11 is 0. The molecule has 3 aromatic rings. The van der Waals surface area contributed by atoms with Gasteiger partial charge in [0.05, 0.1) is 12.1 Å². The molecular weight excluding hydrogens is 366 g/mol. The number of halogens is 1. The fraction of sp³-hybridized carbons (Fsp3) is 0.316. The molecule has 1 amide bonds. The fourth-order valence-corrected chi connectivity index (χ4v) is 2.90. The lowest BCUT2D eigenvalue weighted by molar-refractivity contribution is -0.120. The molecule has 8 heteroatoms. The first-order valence-corrected chi connectivity index (χ1v) is 8.64. The average molecular weight is 390 g/mol. The van der Waals surface area contributed by atoms with E-state index in [0.29, 0.717) is 24.3 Å². The summed E-state index contributed by atoms with van der Waals surface area (Å²) in [6.45, 7) is 4.04. The number of hydrogen-bond acceptors (Lipinski definition) is 4. The second-order valence-corrected chi connectivity index (χ2v) is 6.69. The van der Waals surface area contributed by atoms with E-state index in [9.17, 15) is 9.59 Å². The molecule has 0 aliphatic rings. The van der Waals surface area contributed by atoms with E-state index in [2.05, 4.69) is 10.4 Å². The van der Waals surface area contributed by atoms with Crippen molar-refractivity contribution >= 4 is 29.6 Å². The second-order valence-electron chi connectivity index (χ2n) is 6.69. The SMILES string of the molecule is CCCC(C)(N)C(=O)Nc1cccc(Cn2nc3ccccn3c2=O)c1.Cl. The summed E-state index contributed by atoms with van der Waals surface area (Å²) < 4.78 is 2.90. The van der Waals surface area contributed by atoms with Crippen LogP contribution < -0.4 is 16.7 Å². The van der Waals surface area contributed by atoms with Crippen molar-refractivity contribution in [3.63, 3.8) is 0 Å². The molecule has 3 N–H and O–H groups in total. The van der Waals surface area contributed by atoms with E-state index in [0.717, 1.165) is 12.0 Å². The molecule has 0 aliphatic carbocycles. The minimum atomic E-state index is -0.913. The number of rotatable bonds is 6. The van der Waals surface area contributed by atoms with Crippen LogP contribution in [0.2, 0.25) is 0 Å². The lowest BCUT2D eigenvalue weighted by Crippen LogP contribution is -2.48. The summed E-state index contributed by atoms with van der Waals surface area (Å²) in [5, 5.41) is 7.18. The van der Waals surface area contributed by atoms with Gasteiger partial charge in [0.1, 0.15) is 0 Å². The first-order chi connectivity index (χ1) is 12.4. The van der Waals surface area contributed by atoms with Crippen LogP contribution in [-0.4, -0.2) is 25.6 Å². The molecule has 2 heterocycles. The zero-order valence-electron chi connectivity index (χ0n) is 15.4. The largest absolute Gasteiger partial charge is 0.350 e. The van der Waals surface area contributed by atoms with Gasteiger partial charge < -0.3 is 11.1 Å². The maximum atomic E-state index is 12.4.